The van der Waals surface area contributed by atoms with Gasteiger partial charge in [0, 0.05) is 24.1 Å². The van der Waals surface area contributed by atoms with E-state index in [2.05, 4.69) is 15.9 Å². The third-order valence-electron chi connectivity index (χ3n) is 3.27. The molecule has 1 unspecified atom stereocenters. The number of aromatic nitrogens is 2. The van der Waals surface area contributed by atoms with Crippen LogP contribution >= 0.6 is 15.9 Å². The molecule has 22 heavy (non-hydrogen) atoms. The summed E-state index contributed by atoms with van der Waals surface area (Å²) in [7, 11) is 2.56. The number of nitrogens with zero attached hydrogens (tertiary/aromatic N) is 3. The largest absolute Gasteiger partial charge is 1.00 e. The number of benzene rings is 1. The Morgan fingerprint density at radius 3 is 2.23 bits per heavy atom. The average molecular weight is 372 g/mol. The molecule has 0 radical (unpaired) electrons. The molecule has 1 aromatic heterocycles. The van der Waals surface area contributed by atoms with Gasteiger partial charge in [0.1, 0.15) is 5.92 Å². The SMILES string of the molecule is Cn1c([O-])c(C(C#N)c2ccc(Br)cc2)c(=O)n(C)c1=O.[Na+]. The zero-order valence-electron chi connectivity index (χ0n) is 12.3. The maximum atomic E-state index is 12.2. The summed E-state index contributed by atoms with van der Waals surface area (Å²) in [6.45, 7) is 0. The summed E-state index contributed by atoms with van der Waals surface area (Å²) < 4.78 is 2.48. The number of rotatable bonds is 2. The van der Waals surface area contributed by atoms with Crippen molar-refractivity contribution in [3.63, 3.8) is 0 Å². The molecule has 1 atom stereocenters. The fourth-order valence-electron chi connectivity index (χ4n) is 2.06. The van der Waals surface area contributed by atoms with Crippen LogP contribution in [0, 0.1) is 11.3 Å². The molecule has 6 nitrogen and oxygen atoms in total. The molecule has 0 bridgehead atoms. The van der Waals surface area contributed by atoms with Crippen molar-refractivity contribution in [2.24, 2.45) is 14.1 Å². The molecular formula is C14H11BrN3NaO3. The summed E-state index contributed by atoms with van der Waals surface area (Å²) in [6.07, 6.45) is 0. The zero-order chi connectivity index (χ0) is 15.7. The first-order valence-corrected chi connectivity index (χ1v) is 6.79. The number of halogens is 1. The summed E-state index contributed by atoms with van der Waals surface area (Å²) in [5.74, 6) is -1.76. The molecule has 0 saturated carbocycles. The van der Waals surface area contributed by atoms with Crippen LogP contribution in [0.3, 0.4) is 0 Å². The fraction of sp³-hybridized carbons (Fsp3) is 0.214. The molecule has 0 fully saturated rings. The van der Waals surface area contributed by atoms with Crippen molar-refractivity contribution in [1.82, 2.24) is 9.13 Å². The van der Waals surface area contributed by atoms with Crippen LogP contribution in [0.1, 0.15) is 17.0 Å². The Kier molecular flexibility index (Phi) is 6.20. The predicted octanol–water partition coefficient (Wildman–Crippen LogP) is -2.42. The van der Waals surface area contributed by atoms with E-state index >= 15 is 0 Å². The molecular weight excluding hydrogens is 361 g/mol. The Hall–Kier alpha value is -1.33. The second kappa shape index (κ2) is 7.29. The Balaban J connectivity index is 0.00000242. The monoisotopic (exact) mass is 371 g/mol. The Bertz CT molecular complexity index is 850. The molecule has 1 aromatic carbocycles. The molecule has 2 aromatic rings. The van der Waals surface area contributed by atoms with Crippen LogP contribution < -0.4 is 45.9 Å². The van der Waals surface area contributed by atoms with E-state index in [1.54, 1.807) is 24.3 Å². The normalized spacial score (nSPS) is 11.4. The van der Waals surface area contributed by atoms with Crippen LogP contribution in [0.4, 0.5) is 0 Å². The van der Waals surface area contributed by atoms with E-state index in [4.69, 9.17) is 0 Å². The maximum absolute atomic E-state index is 12.2. The van der Waals surface area contributed by atoms with Crippen molar-refractivity contribution in [3.05, 3.63) is 60.7 Å². The van der Waals surface area contributed by atoms with Crippen LogP contribution in [-0.2, 0) is 14.1 Å². The van der Waals surface area contributed by atoms with Gasteiger partial charge in [-0.25, -0.2) is 4.79 Å². The Morgan fingerprint density at radius 1 is 1.18 bits per heavy atom. The summed E-state index contributed by atoms with van der Waals surface area (Å²) >= 11 is 3.28. The number of nitriles is 1. The average Bonchev–Trinajstić information content (AvgIpc) is 2.49. The van der Waals surface area contributed by atoms with Gasteiger partial charge in [-0.15, -0.1) is 0 Å². The van der Waals surface area contributed by atoms with Gasteiger partial charge in [0.25, 0.3) is 5.56 Å². The van der Waals surface area contributed by atoms with Crippen molar-refractivity contribution in [2.75, 3.05) is 0 Å². The van der Waals surface area contributed by atoms with E-state index in [0.29, 0.717) is 5.56 Å². The van der Waals surface area contributed by atoms with Crippen molar-refractivity contribution < 1.29 is 34.7 Å². The first-order valence-electron chi connectivity index (χ1n) is 6.00. The second-order valence-electron chi connectivity index (χ2n) is 4.54. The molecule has 0 amide bonds. The van der Waals surface area contributed by atoms with Gasteiger partial charge in [0.2, 0.25) is 0 Å². The van der Waals surface area contributed by atoms with Crippen LogP contribution in [0.5, 0.6) is 5.88 Å². The summed E-state index contributed by atoms with van der Waals surface area (Å²) in [4.78, 5) is 23.9. The molecule has 2 rings (SSSR count). The van der Waals surface area contributed by atoms with Crippen LogP contribution in [0.2, 0.25) is 0 Å². The van der Waals surface area contributed by atoms with Gasteiger partial charge in [-0.3, -0.25) is 9.36 Å². The molecule has 0 spiro atoms. The van der Waals surface area contributed by atoms with Gasteiger partial charge in [0.15, 0.2) is 0 Å². The third kappa shape index (κ3) is 3.20. The van der Waals surface area contributed by atoms with Gasteiger partial charge in [-0.1, -0.05) is 28.1 Å². The Labute approximate surface area is 157 Å². The van der Waals surface area contributed by atoms with Gasteiger partial charge >= 0.3 is 35.2 Å². The minimum absolute atomic E-state index is 0. The van der Waals surface area contributed by atoms with Gasteiger partial charge in [0.05, 0.1) is 6.07 Å². The molecule has 108 valence electrons. The molecule has 0 saturated heterocycles. The predicted molar refractivity (Wildman–Crippen MR) is 78.0 cm³/mol. The third-order valence-corrected chi connectivity index (χ3v) is 3.79. The second-order valence-corrected chi connectivity index (χ2v) is 5.45. The molecule has 8 heteroatoms. The molecule has 0 aliphatic carbocycles. The molecule has 0 aliphatic heterocycles. The quantitative estimate of drug-likeness (QED) is 0.549. The van der Waals surface area contributed by atoms with E-state index in [9.17, 15) is 20.0 Å². The van der Waals surface area contributed by atoms with E-state index in [-0.39, 0.29) is 35.1 Å². The number of hydrogen-bond acceptors (Lipinski definition) is 4. The zero-order valence-corrected chi connectivity index (χ0v) is 15.9. The standard InChI is InChI=1S/C14H12BrN3O3.Na/c1-17-12(19)11(13(20)18(2)14(17)21)10(7-16)8-3-5-9(15)6-4-8;/h3-6,10,19H,1-2H3;/q;+1/p-1. The minimum Gasteiger partial charge on any atom is -0.860 e. The van der Waals surface area contributed by atoms with Crippen LogP contribution in [0.15, 0.2) is 38.3 Å². The summed E-state index contributed by atoms with van der Waals surface area (Å²) in [5, 5.41) is 21.6. The first kappa shape index (κ1) is 18.7. The smallest absolute Gasteiger partial charge is 0.860 e. The Morgan fingerprint density at radius 2 is 1.73 bits per heavy atom. The van der Waals surface area contributed by atoms with E-state index in [0.717, 1.165) is 13.6 Å². The topological polar surface area (TPSA) is 90.8 Å². The van der Waals surface area contributed by atoms with Gasteiger partial charge in [-0.05, 0) is 23.6 Å². The van der Waals surface area contributed by atoms with Crippen molar-refractivity contribution >= 4 is 15.9 Å². The van der Waals surface area contributed by atoms with Crippen molar-refractivity contribution in [3.8, 4) is 11.9 Å². The van der Waals surface area contributed by atoms with Gasteiger partial charge in [-0.2, -0.15) is 5.26 Å². The molecule has 1 heterocycles. The molecule has 0 aliphatic rings. The van der Waals surface area contributed by atoms with Gasteiger partial charge < -0.3 is 9.67 Å². The van der Waals surface area contributed by atoms with E-state index in [1.165, 1.54) is 14.1 Å². The summed E-state index contributed by atoms with van der Waals surface area (Å²) in [6, 6.07) is 8.71. The number of hydrogen-bond donors (Lipinski definition) is 0. The molecule has 0 N–H and O–H groups in total. The van der Waals surface area contributed by atoms with E-state index in [1.807, 2.05) is 6.07 Å². The van der Waals surface area contributed by atoms with Crippen molar-refractivity contribution in [1.29, 1.82) is 5.26 Å². The fourth-order valence-corrected chi connectivity index (χ4v) is 2.32. The van der Waals surface area contributed by atoms with Crippen molar-refractivity contribution in [2.45, 2.75) is 5.92 Å². The van der Waals surface area contributed by atoms with Crippen LogP contribution in [-0.4, -0.2) is 9.13 Å². The summed E-state index contributed by atoms with van der Waals surface area (Å²) in [5.41, 5.74) is -1.14. The van der Waals surface area contributed by atoms with E-state index < -0.39 is 23.0 Å². The first-order chi connectivity index (χ1) is 9.88. The maximum Gasteiger partial charge on any atom is 1.00 e. The van der Waals surface area contributed by atoms with Crippen LogP contribution in [0.25, 0.3) is 0 Å². The minimum atomic E-state index is -1.02.